The Balaban J connectivity index is 1.96. The molecule has 0 radical (unpaired) electrons. The largest absolute Gasteiger partial charge is 0.481 e. The number of hydrogen-bond donors (Lipinski definition) is 29. The average Bonchev–Trinajstić information content (AvgIpc) is 1.62. The summed E-state index contributed by atoms with van der Waals surface area (Å²) in [5.41, 5.74) is 23.7. The fourth-order valence-corrected chi connectivity index (χ4v) is 14.0. The van der Waals surface area contributed by atoms with Gasteiger partial charge in [0.25, 0.3) is 0 Å². The van der Waals surface area contributed by atoms with Crippen molar-refractivity contribution >= 4 is 145 Å². The number of H-pyrrole nitrogens is 1. The van der Waals surface area contributed by atoms with E-state index in [0.717, 1.165) is 21.6 Å². The normalized spacial score (nSPS) is 21.7. The van der Waals surface area contributed by atoms with Crippen LogP contribution in [0.15, 0.2) is 60.8 Å². The van der Waals surface area contributed by atoms with Crippen molar-refractivity contribution in [1.82, 2.24) is 95.4 Å². The van der Waals surface area contributed by atoms with Crippen molar-refractivity contribution in [1.29, 1.82) is 16.2 Å². The summed E-state index contributed by atoms with van der Waals surface area (Å²) in [5.74, 6) is -22.5. The van der Waals surface area contributed by atoms with Crippen molar-refractivity contribution in [3.63, 3.8) is 0 Å². The van der Waals surface area contributed by atoms with E-state index in [9.17, 15) is 87.5 Å². The number of aromatic nitrogens is 1. The Morgan fingerprint density at radius 2 is 1.07 bits per heavy atom. The molecule has 4 rings (SSSR count). The maximum absolute atomic E-state index is 15.2. The third-order valence-corrected chi connectivity index (χ3v) is 21.3. The number of guanidine groups is 3. The first-order valence-corrected chi connectivity index (χ1v) is 41.1. The third kappa shape index (κ3) is 35.2. The van der Waals surface area contributed by atoms with Crippen LogP contribution in [0.25, 0.3) is 10.9 Å². The van der Waals surface area contributed by atoms with Gasteiger partial charge < -0.3 is 139 Å². The Hall–Kier alpha value is -12.1. The van der Waals surface area contributed by atoms with Crippen LogP contribution in [-0.4, -0.2) is 274 Å². The molecule has 0 spiro atoms. The number of aliphatic hydroxyl groups is 2. The number of para-hydroxylation sites is 1. The van der Waals surface area contributed by atoms with Gasteiger partial charge in [0.2, 0.25) is 82.7 Å². The molecular formula is C73H113N25O20S2. The average molecular weight is 1720 g/mol. The maximum atomic E-state index is 15.2. The zero-order chi connectivity index (χ0) is 89.3. The number of carbonyl (C=O) groups is 16. The molecule has 0 bridgehead atoms. The fraction of sp³-hybridized carbons (Fsp3) is 0.548. The van der Waals surface area contributed by atoms with Crippen LogP contribution in [0.4, 0.5) is 0 Å². The topological polar surface area (TPSA) is 750 Å². The number of benzene rings is 2. The molecule has 33 N–H and O–H groups in total. The van der Waals surface area contributed by atoms with Gasteiger partial charge in [-0.25, -0.2) is 4.79 Å². The van der Waals surface area contributed by atoms with Crippen LogP contribution in [0.2, 0.25) is 0 Å². The molecule has 47 heteroatoms. The fourth-order valence-electron chi connectivity index (χ4n) is 11.7. The first kappa shape index (κ1) is 100. The van der Waals surface area contributed by atoms with Crippen LogP contribution in [-0.2, 0) is 89.6 Å². The number of amides is 14. The van der Waals surface area contributed by atoms with Gasteiger partial charge >= 0.3 is 11.9 Å². The molecule has 3 aromatic rings. The highest BCUT2D eigenvalue weighted by molar-refractivity contribution is 8.76. The summed E-state index contributed by atoms with van der Waals surface area (Å²) in [6.45, 7) is 3.74. The summed E-state index contributed by atoms with van der Waals surface area (Å²) in [7, 11) is 1.47. The number of fused-ring (bicyclic) bond motifs is 1. The summed E-state index contributed by atoms with van der Waals surface area (Å²) >= 11 is 0. The lowest BCUT2D eigenvalue weighted by Gasteiger charge is -2.30. The van der Waals surface area contributed by atoms with E-state index in [4.69, 9.17) is 39.2 Å². The van der Waals surface area contributed by atoms with E-state index in [1.54, 1.807) is 74.6 Å². The molecule has 1 aromatic heterocycles. The van der Waals surface area contributed by atoms with Crippen molar-refractivity contribution in [3.05, 3.63) is 71.9 Å². The van der Waals surface area contributed by atoms with Crippen LogP contribution in [0.3, 0.4) is 0 Å². The van der Waals surface area contributed by atoms with E-state index in [1.807, 2.05) is 0 Å². The van der Waals surface area contributed by atoms with Crippen LogP contribution >= 0.6 is 21.6 Å². The Morgan fingerprint density at radius 3 is 1.63 bits per heavy atom. The number of aromatic amines is 1. The molecule has 2 aromatic carbocycles. The van der Waals surface area contributed by atoms with Crippen LogP contribution in [0.1, 0.15) is 104 Å². The van der Waals surface area contributed by atoms with E-state index in [2.05, 4.69) is 95.4 Å². The smallest absolute Gasteiger partial charge is 0.326 e. The molecule has 662 valence electrons. The summed E-state index contributed by atoms with van der Waals surface area (Å²) in [6, 6.07) is -7.03. The predicted octanol–water partition coefficient (Wildman–Crippen LogP) is -7.83. The molecule has 120 heavy (non-hydrogen) atoms. The van der Waals surface area contributed by atoms with Gasteiger partial charge in [0.1, 0.15) is 78.5 Å². The molecule has 0 aliphatic carbocycles. The number of aliphatic hydroxyl groups excluding tert-OH is 2. The second-order valence-corrected chi connectivity index (χ2v) is 30.8. The number of aliphatic carboxylic acids is 2. The van der Waals surface area contributed by atoms with E-state index in [1.165, 1.54) is 20.8 Å². The second-order valence-electron chi connectivity index (χ2n) is 28.3. The Morgan fingerprint density at radius 1 is 0.542 bits per heavy atom. The quantitative estimate of drug-likeness (QED) is 0.0117. The van der Waals surface area contributed by atoms with Crippen molar-refractivity contribution < 1.29 is 97.1 Å². The summed E-state index contributed by atoms with van der Waals surface area (Å²) in [5, 5.41) is 106. The lowest BCUT2D eigenvalue weighted by Crippen LogP contribution is -2.62. The second kappa shape index (κ2) is 52.0. The third-order valence-electron chi connectivity index (χ3n) is 18.9. The maximum Gasteiger partial charge on any atom is 0.326 e. The van der Waals surface area contributed by atoms with Crippen molar-refractivity contribution in [2.24, 2.45) is 34.8 Å². The molecule has 0 saturated carbocycles. The number of carboxylic acids is 2. The SMILES string of the molecule is CC[C@H](C)C1NC(=O)[C@H](CCCNC(=N)N)NC(=O)CNC(=O)CNC(=O)[C@H](Cc2c[nH]c3ccccc23)NC(=O)[C@@H](C)NC(=O)[C@@H](NC(=O)[C@H](CO)NC(=O)[C@@H](N)CO)CSSCC(C(=O)N[C@@H](Cc2ccccc2)C(=O)N[C@@H](CCCNC(=N)N)C(=O)O)NC(=O)[C@H]([C@@H](C)CC)NC(=O)C(CCCNC(=N)N)NC(=O)[C@H](CC(=O)O)NC1=O. The molecule has 3 unspecified atom stereocenters. The van der Waals surface area contributed by atoms with Gasteiger partial charge in [0, 0.05) is 61.1 Å². The van der Waals surface area contributed by atoms with Gasteiger partial charge in [-0.05, 0) is 74.5 Å². The number of nitrogens with one attached hydrogen (secondary N) is 21. The first-order chi connectivity index (χ1) is 56.9. The van der Waals surface area contributed by atoms with Gasteiger partial charge in [0.15, 0.2) is 17.9 Å². The highest BCUT2D eigenvalue weighted by Crippen LogP contribution is 2.25. The van der Waals surface area contributed by atoms with Gasteiger partial charge in [-0.3, -0.25) is 88.1 Å². The molecular weight excluding hydrogens is 1610 g/mol. The lowest BCUT2D eigenvalue weighted by atomic mass is 9.96. The van der Waals surface area contributed by atoms with E-state index in [0.29, 0.717) is 22.0 Å². The minimum absolute atomic E-state index is 0.0116. The molecule has 14 amide bonds. The van der Waals surface area contributed by atoms with Gasteiger partial charge in [-0.1, -0.05) is 111 Å². The molecule has 2 heterocycles. The number of nitrogens with two attached hydrogens (primary N) is 4. The standard InChI is InChI=1S/C73H113N25O20S2/c1-6-36(3)56-68(115)93-49(28-55(103)104)64(111)89-45(21-14-24-82-72(77)78)62(109)98-57(37(4)7-2)69(116)96-52(67(114)92-47(26-39-16-9-8-10-17-39)63(110)90-46(70(117)118)22-15-25-83-73(79)80)35-120-119-34-51(95-65(112)50(33-100)94-59(106)42(74)32-99)66(113)87-38(5)58(105)91-48(27-40-29-84-43-19-12-11-18-41(40)43)60(107)86-30-53(101)85-31-54(102)88-44(61(108)97-56)20-13-23-81-71(75)76/h8-12,16-19,29,36-38,42,44-52,56-57,84,99-100H,6-7,13-15,20-28,30-35,74H2,1-5H3,(H,85,101)(H,86,107)(H,87,113)(H,88,102)(H,89,111)(H,90,110)(H,91,105)(H,92,114)(H,93,115)(H,94,106)(H,95,112)(H,96,116)(H,97,108)(H,98,109)(H,103,104)(H,117,118)(H4,75,76,81)(H4,77,78,82)(H4,79,80,83)/t36-,37-,38+,42-,44-,45?,46-,47-,48-,49-,50-,51-,52?,56?,57-/m0/s1. The Bertz CT molecular complexity index is 4070. The number of rotatable bonds is 33. The number of carboxylic acid groups (broad SMARTS) is 2. The van der Waals surface area contributed by atoms with Crippen molar-refractivity contribution in [2.45, 2.75) is 184 Å². The lowest BCUT2D eigenvalue weighted by molar-refractivity contribution is -0.142. The zero-order valence-corrected chi connectivity index (χ0v) is 68.7. The molecule has 1 saturated heterocycles. The molecule has 45 nitrogen and oxygen atoms in total. The number of carbonyl (C=O) groups excluding carboxylic acids is 14. The highest BCUT2D eigenvalue weighted by atomic mass is 33.1. The Labute approximate surface area is 698 Å². The van der Waals surface area contributed by atoms with E-state index >= 15 is 9.59 Å². The molecule has 15 atom stereocenters. The summed E-state index contributed by atoms with van der Waals surface area (Å²) < 4.78 is 0. The van der Waals surface area contributed by atoms with E-state index in [-0.39, 0.29) is 83.8 Å². The van der Waals surface area contributed by atoms with E-state index < -0.39 is 247 Å². The van der Waals surface area contributed by atoms with Gasteiger partial charge in [-0.15, -0.1) is 0 Å². The minimum Gasteiger partial charge on any atom is -0.481 e. The highest BCUT2D eigenvalue weighted by Gasteiger charge is 2.39. The van der Waals surface area contributed by atoms with Crippen LogP contribution in [0.5, 0.6) is 0 Å². The molecule has 1 aliphatic rings. The van der Waals surface area contributed by atoms with Crippen molar-refractivity contribution in [2.75, 3.05) is 57.4 Å². The number of hydrogen-bond acceptors (Lipinski definition) is 24. The summed E-state index contributed by atoms with van der Waals surface area (Å²) in [6.07, 6.45) is -0.629. The van der Waals surface area contributed by atoms with Crippen LogP contribution in [0, 0.1) is 28.1 Å². The van der Waals surface area contributed by atoms with Crippen LogP contribution < -0.4 is 113 Å². The van der Waals surface area contributed by atoms with Gasteiger partial charge in [0.05, 0.1) is 32.7 Å². The Kier molecular flexibility index (Phi) is 43.4. The predicted molar refractivity (Wildman–Crippen MR) is 440 cm³/mol. The monoisotopic (exact) mass is 1720 g/mol. The summed E-state index contributed by atoms with van der Waals surface area (Å²) in [4.78, 5) is 229. The first-order valence-electron chi connectivity index (χ1n) is 38.6. The van der Waals surface area contributed by atoms with Gasteiger partial charge in [-0.2, -0.15) is 0 Å². The molecule has 1 fully saturated rings. The minimum atomic E-state index is -2.03. The van der Waals surface area contributed by atoms with Crippen molar-refractivity contribution in [3.8, 4) is 0 Å². The zero-order valence-electron chi connectivity index (χ0n) is 67.0. The molecule has 1 aliphatic heterocycles.